The minimum atomic E-state index is -1.21. The van der Waals surface area contributed by atoms with Gasteiger partial charge in [-0.15, -0.1) is 11.3 Å². The molecule has 5 aromatic rings. The summed E-state index contributed by atoms with van der Waals surface area (Å²) in [7, 11) is 1.69. The average molecular weight is 1000 g/mol. The zero-order chi connectivity index (χ0) is 50.1. The van der Waals surface area contributed by atoms with Gasteiger partial charge in [-0.25, -0.2) is 31.8 Å². The van der Waals surface area contributed by atoms with E-state index in [0.717, 1.165) is 57.5 Å². The molecule has 10 rings (SSSR count). The molecule has 2 N–H and O–H groups in total. The first-order chi connectivity index (χ1) is 34.9. The monoisotopic (exact) mass is 1000 g/mol. The van der Waals surface area contributed by atoms with Gasteiger partial charge in [0.2, 0.25) is 5.91 Å². The van der Waals surface area contributed by atoms with E-state index in [4.69, 9.17) is 40.2 Å². The summed E-state index contributed by atoms with van der Waals surface area (Å²) in [5.41, 5.74) is 9.74. The highest BCUT2D eigenvalue weighted by atomic mass is 32.1. The Morgan fingerprint density at radius 3 is 2.72 bits per heavy atom. The molecule has 72 heavy (non-hydrogen) atoms. The molecule has 5 aliphatic rings. The van der Waals surface area contributed by atoms with Gasteiger partial charge in [0.25, 0.3) is 5.91 Å². The highest BCUT2D eigenvalue weighted by molar-refractivity contribution is 7.10. The van der Waals surface area contributed by atoms with Crippen LogP contribution in [0.5, 0.6) is 0 Å². The number of rotatable bonds is 11. The van der Waals surface area contributed by atoms with Gasteiger partial charge >= 0.3 is 12.1 Å². The van der Waals surface area contributed by atoms with Crippen LogP contribution in [-0.4, -0.2) is 136 Å². The van der Waals surface area contributed by atoms with Crippen LogP contribution in [0.25, 0.3) is 38.3 Å². The summed E-state index contributed by atoms with van der Waals surface area (Å²) in [5, 5.41) is 8.22. The van der Waals surface area contributed by atoms with Gasteiger partial charge in [-0.05, 0) is 80.8 Å². The van der Waals surface area contributed by atoms with Crippen LogP contribution in [0.3, 0.4) is 0 Å². The molecule has 4 fully saturated rings. The average Bonchev–Trinajstić information content (AvgIpc) is 3.69. The number of pyridine rings is 1. The van der Waals surface area contributed by atoms with Crippen molar-refractivity contribution in [2.75, 3.05) is 59.8 Å². The molecule has 1 aliphatic carbocycles. The molecule has 2 amide bonds. The second-order valence-corrected chi connectivity index (χ2v) is 21.3. The fraction of sp³-hybridized carbons (Fsp3) is 0.547. The van der Waals surface area contributed by atoms with Gasteiger partial charge in [0.15, 0.2) is 0 Å². The van der Waals surface area contributed by atoms with Crippen molar-refractivity contribution in [2.24, 2.45) is 17.3 Å². The summed E-state index contributed by atoms with van der Waals surface area (Å²) in [4.78, 5) is 69.0. The van der Waals surface area contributed by atoms with Crippen LogP contribution in [0, 0.1) is 23.8 Å². The maximum Gasteiger partial charge on any atom is 0.324 e. The molecule has 4 aliphatic heterocycles. The molecule has 8 atom stereocenters. The number of benzene rings is 1. The molecule has 4 aromatic heterocycles. The van der Waals surface area contributed by atoms with E-state index in [0.29, 0.717) is 69.5 Å². The van der Waals surface area contributed by atoms with Crippen LogP contribution in [0.4, 0.5) is 0 Å². The van der Waals surface area contributed by atoms with Gasteiger partial charge in [-0.1, -0.05) is 26.8 Å². The van der Waals surface area contributed by atoms with Crippen molar-refractivity contribution in [2.45, 2.75) is 109 Å². The summed E-state index contributed by atoms with van der Waals surface area (Å²) in [6, 6.07) is 9.35. The summed E-state index contributed by atoms with van der Waals surface area (Å²) in [6.07, 6.45) is 7.15. The summed E-state index contributed by atoms with van der Waals surface area (Å²) < 4.78 is 32.5. The molecule has 0 spiro atoms. The van der Waals surface area contributed by atoms with E-state index in [2.05, 4.69) is 68.2 Å². The lowest BCUT2D eigenvalue weighted by Gasteiger charge is -2.41. The number of fused-ring (bicyclic) bond motifs is 6. The molecular formula is C53H64N10O8S. The smallest absolute Gasteiger partial charge is 0.324 e. The van der Waals surface area contributed by atoms with E-state index < -0.39 is 47.5 Å². The van der Waals surface area contributed by atoms with Gasteiger partial charge in [-0.3, -0.25) is 29.2 Å². The van der Waals surface area contributed by atoms with Crippen molar-refractivity contribution in [1.82, 2.24) is 45.2 Å². The molecule has 1 saturated carbocycles. The van der Waals surface area contributed by atoms with E-state index in [9.17, 15) is 9.59 Å². The lowest BCUT2D eigenvalue weighted by Crippen LogP contribution is -2.63. The number of nitrogens with one attached hydrogen (secondary N) is 2. The van der Waals surface area contributed by atoms with Crippen molar-refractivity contribution in [3.63, 3.8) is 0 Å². The molecule has 1 aromatic carbocycles. The van der Waals surface area contributed by atoms with E-state index in [1.165, 1.54) is 22.7 Å². The van der Waals surface area contributed by atoms with Crippen molar-refractivity contribution < 1.29 is 38.1 Å². The number of hydrogen-bond donors (Lipinski definition) is 2. The Kier molecular flexibility index (Phi) is 14.8. The van der Waals surface area contributed by atoms with E-state index in [-0.39, 0.29) is 49.7 Å². The first-order valence-electron chi connectivity index (χ1n) is 25.2. The number of amides is 2. The van der Waals surface area contributed by atoms with Gasteiger partial charge in [-0.2, -0.15) is 0 Å². The number of cyclic esters (lactones) is 1. The summed E-state index contributed by atoms with van der Waals surface area (Å²) in [5.74, 6) is -1.87. The number of methoxy groups -OCH3 is 1. The zero-order valence-corrected chi connectivity index (χ0v) is 42.4. The number of carbonyl (C=O) groups is 3. The van der Waals surface area contributed by atoms with E-state index in [1.54, 1.807) is 19.5 Å². The lowest BCUT2D eigenvalue weighted by molar-refractivity contribution is -0.156. The van der Waals surface area contributed by atoms with E-state index >= 15 is 4.79 Å². The van der Waals surface area contributed by atoms with Crippen molar-refractivity contribution >= 4 is 40.0 Å². The Balaban J connectivity index is 1.12. The van der Waals surface area contributed by atoms with Crippen molar-refractivity contribution in [1.29, 1.82) is 0 Å². The Hall–Kier alpha value is -5.72. The predicted octanol–water partition coefficient (Wildman–Crippen LogP) is 6.29. The Morgan fingerprint density at radius 2 is 1.93 bits per heavy atom. The third kappa shape index (κ3) is 10.1. The largest absolute Gasteiger partial charge is 0.464 e. The Labute approximate surface area is 423 Å². The third-order valence-corrected chi connectivity index (χ3v) is 16.0. The first-order valence-corrected chi connectivity index (χ1v) is 26.1. The van der Waals surface area contributed by atoms with Gasteiger partial charge in [0.1, 0.15) is 30.0 Å². The summed E-state index contributed by atoms with van der Waals surface area (Å²) in [6.45, 7) is 20.1. The number of hydrogen-bond acceptors (Lipinski definition) is 15. The predicted molar refractivity (Wildman–Crippen MR) is 268 cm³/mol. The second-order valence-electron chi connectivity index (χ2n) is 20.4. The number of morpholine rings is 1. The van der Waals surface area contributed by atoms with Crippen molar-refractivity contribution in [3.05, 3.63) is 93.9 Å². The molecule has 3 saturated heterocycles. The Morgan fingerprint density at radius 1 is 1.08 bits per heavy atom. The summed E-state index contributed by atoms with van der Waals surface area (Å²) >= 11 is 1.39. The second kappa shape index (κ2) is 21.4. The number of aromatic nitrogens is 5. The number of hydrazine groups is 1. The number of carbonyl (C=O) groups excluding carboxylic acids is 3. The quantitative estimate of drug-likeness (QED) is 0.111. The highest BCUT2D eigenvalue weighted by Crippen LogP contribution is 2.53. The van der Waals surface area contributed by atoms with Crippen LogP contribution in [-0.2, 0) is 51.0 Å². The zero-order valence-electron chi connectivity index (χ0n) is 41.6. The fourth-order valence-electron chi connectivity index (χ4n) is 11.1. The maximum atomic E-state index is 15.4. The highest BCUT2D eigenvalue weighted by Gasteiger charge is 2.55. The van der Waals surface area contributed by atoms with Crippen molar-refractivity contribution in [3.8, 4) is 22.5 Å². The number of nitrogens with zero attached hydrogens (tertiary/aromatic N) is 8. The lowest BCUT2D eigenvalue weighted by atomic mass is 9.84. The van der Waals surface area contributed by atoms with Crippen LogP contribution >= 0.6 is 11.3 Å². The van der Waals surface area contributed by atoms with E-state index in [1.807, 2.05) is 36.3 Å². The molecule has 380 valence electrons. The topological polar surface area (TPSA) is 189 Å². The van der Waals surface area contributed by atoms with Gasteiger partial charge < -0.3 is 33.6 Å². The number of esters is 1. The van der Waals surface area contributed by atoms with Crippen LogP contribution in [0.1, 0.15) is 93.4 Å². The fourth-order valence-corrected chi connectivity index (χ4v) is 12.1. The van der Waals surface area contributed by atoms with Gasteiger partial charge in [0.05, 0.1) is 55.2 Å². The SMILES string of the molecule is [C-]#[N+][C@H]1COCCN1[C@@H]1c2nc(cs2)-c2ccc3c(c2)c(c(-c2cccnc2[C@H](C)OC)n3CCOC2CCOCC2)CC(C)(C)COC(=O)[C@@H]2CCCN(N2)C(=O)[C@H]1NC(=O)[C@@H]1[C@@H](C)[C@H]1c1ccncn1. The molecule has 0 radical (unpaired) electrons. The molecule has 18 nitrogen and oxygen atoms in total. The van der Waals surface area contributed by atoms with Crippen LogP contribution in [0.15, 0.2) is 60.5 Å². The van der Waals surface area contributed by atoms with Crippen LogP contribution < -0.4 is 10.7 Å². The molecule has 8 heterocycles. The minimum absolute atomic E-state index is 0.0437. The van der Waals surface area contributed by atoms with Crippen LogP contribution in [0.2, 0.25) is 0 Å². The minimum Gasteiger partial charge on any atom is -0.464 e. The standard InChI is InChI=1S/C53H64N10O8S/c1-31-43(38-13-17-55-30-57-38)44(31)49(64)59-46-48(62-19-23-69-27-42(62)54-5)50-58-40(28-72-50)33-11-12-41-36(25-33)37(26-53(3,4)29-71-52(66)39-10-8-18-63(60-39)51(46)65)47(35-9-7-16-56-45(35)32(2)67-6)61(41)20-24-70-34-14-21-68-22-15-34/h7,9,11-13,16-17,25,28,30-32,34,39,42-44,46,48,60H,8,10,14-15,18-24,26-27,29H2,1-4,6H3,(H,59,64)/t31-,32-,39-,42+,43-,44+,46-,48-/m0/s1. The molecule has 6 bridgehead atoms. The molecular weight excluding hydrogens is 937 g/mol. The first kappa shape index (κ1) is 49.8. The molecule has 19 heteroatoms. The van der Waals surface area contributed by atoms with Gasteiger partial charge in [0, 0.05) is 103 Å². The number of ether oxygens (including phenoxy) is 5. The Bertz CT molecular complexity index is 2810. The normalized spacial score (nSPS) is 26.6. The maximum absolute atomic E-state index is 15.4. The third-order valence-electron chi connectivity index (χ3n) is 15.1. The molecule has 0 unspecified atom stereocenters. The number of thiazole rings is 1.